The molecule has 2 aromatic rings. The minimum absolute atomic E-state index is 0.132. The van der Waals surface area contributed by atoms with Gasteiger partial charge in [0.2, 0.25) is 5.91 Å². The zero-order valence-corrected chi connectivity index (χ0v) is 13.1. The van der Waals surface area contributed by atoms with Gasteiger partial charge in [-0.3, -0.25) is 9.36 Å². The van der Waals surface area contributed by atoms with Crippen molar-refractivity contribution in [2.45, 2.75) is 37.2 Å². The van der Waals surface area contributed by atoms with E-state index in [2.05, 4.69) is 15.5 Å². The molecule has 2 rings (SSSR count). The van der Waals surface area contributed by atoms with Crippen LogP contribution in [0.4, 0.5) is 10.1 Å². The molecule has 1 amide bonds. The zero-order valence-electron chi connectivity index (χ0n) is 12.3. The SMILES string of the molecule is CCCn1c(S[C@H](C)C(=O)Nc2ccccc2F)n[nH]c1=O. The fraction of sp³-hybridized carbons (Fsp3) is 0.357. The van der Waals surface area contributed by atoms with Gasteiger partial charge in [0.05, 0.1) is 10.9 Å². The van der Waals surface area contributed by atoms with Gasteiger partial charge < -0.3 is 5.32 Å². The molecule has 0 aliphatic heterocycles. The highest BCUT2D eigenvalue weighted by Crippen LogP contribution is 2.22. The minimum atomic E-state index is -0.523. The summed E-state index contributed by atoms with van der Waals surface area (Å²) in [5, 5.41) is 8.74. The number of nitrogens with one attached hydrogen (secondary N) is 2. The highest BCUT2D eigenvalue weighted by molar-refractivity contribution is 8.00. The van der Waals surface area contributed by atoms with Crippen LogP contribution >= 0.6 is 11.8 Å². The summed E-state index contributed by atoms with van der Waals surface area (Å²) in [6.07, 6.45) is 0.781. The second kappa shape index (κ2) is 7.26. The third-order valence-electron chi connectivity index (χ3n) is 2.95. The highest BCUT2D eigenvalue weighted by atomic mass is 32.2. The number of hydrogen-bond donors (Lipinski definition) is 2. The summed E-state index contributed by atoms with van der Waals surface area (Å²) in [4.78, 5) is 23.7. The van der Waals surface area contributed by atoms with Crippen LogP contribution in [0.5, 0.6) is 0 Å². The number of aromatic amines is 1. The van der Waals surface area contributed by atoms with E-state index in [1.54, 1.807) is 19.1 Å². The van der Waals surface area contributed by atoms with E-state index < -0.39 is 11.1 Å². The number of hydrogen-bond acceptors (Lipinski definition) is 4. The molecule has 22 heavy (non-hydrogen) atoms. The molecule has 8 heteroatoms. The van der Waals surface area contributed by atoms with Crippen molar-refractivity contribution in [2.75, 3.05) is 5.32 Å². The van der Waals surface area contributed by atoms with Crippen LogP contribution in [0.2, 0.25) is 0 Å². The van der Waals surface area contributed by atoms with Crippen LogP contribution in [0.25, 0.3) is 0 Å². The van der Waals surface area contributed by atoms with Crippen molar-refractivity contribution in [1.82, 2.24) is 14.8 Å². The number of benzene rings is 1. The molecule has 0 saturated carbocycles. The lowest BCUT2D eigenvalue weighted by atomic mass is 10.3. The first-order valence-electron chi connectivity index (χ1n) is 6.90. The van der Waals surface area contributed by atoms with E-state index in [0.717, 1.165) is 18.2 Å². The van der Waals surface area contributed by atoms with Crippen molar-refractivity contribution in [3.8, 4) is 0 Å². The van der Waals surface area contributed by atoms with E-state index >= 15 is 0 Å². The summed E-state index contributed by atoms with van der Waals surface area (Å²) < 4.78 is 15.0. The topological polar surface area (TPSA) is 79.8 Å². The second-order valence-electron chi connectivity index (χ2n) is 4.69. The zero-order chi connectivity index (χ0) is 16.1. The van der Waals surface area contributed by atoms with Gasteiger partial charge in [-0.2, -0.15) is 0 Å². The van der Waals surface area contributed by atoms with Crippen molar-refractivity contribution in [3.05, 3.63) is 40.6 Å². The van der Waals surface area contributed by atoms with Gasteiger partial charge in [0.1, 0.15) is 5.82 Å². The maximum absolute atomic E-state index is 13.5. The number of halogens is 1. The van der Waals surface area contributed by atoms with E-state index in [-0.39, 0.29) is 17.3 Å². The molecule has 118 valence electrons. The first kappa shape index (κ1) is 16.3. The monoisotopic (exact) mass is 324 g/mol. The van der Waals surface area contributed by atoms with Crippen LogP contribution in [0.3, 0.4) is 0 Å². The number of carbonyl (C=O) groups is 1. The molecule has 0 bridgehead atoms. The van der Waals surface area contributed by atoms with Crippen LogP contribution in [0.1, 0.15) is 20.3 Å². The van der Waals surface area contributed by atoms with E-state index in [1.165, 1.54) is 16.7 Å². The number of para-hydroxylation sites is 1. The number of aromatic nitrogens is 3. The van der Waals surface area contributed by atoms with Crippen LogP contribution in [-0.2, 0) is 11.3 Å². The normalized spacial score (nSPS) is 12.1. The van der Waals surface area contributed by atoms with Crippen molar-refractivity contribution >= 4 is 23.4 Å². The summed E-state index contributed by atoms with van der Waals surface area (Å²) in [6.45, 7) is 4.15. The Hall–Kier alpha value is -2.09. The van der Waals surface area contributed by atoms with Crippen molar-refractivity contribution in [3.63, 3.8) is 0 Å². The molecule has 1 aromatic heterocycles. The van der Waals surface area contributed by atoms with Gasteiger partial charge in [-0.15, -0.1) is 5.10 Å². The summed E-state index contributed by atoms with van der Waals surface area (Å²) >= 11 is 1.15. The summed E-state index contributed by atoms with van der Waals surface area (Å²) in [7, 11) is 0. The van der Waals surface area contributed by atoms with Crippen LogP contribution in [-0.4, -0.2) is 25.9 Å². The number of thioether (sulfide) groups is 1. The average molecular weight is 324 g/mol. The Labute approximate surface area is 131 Å². The predicted molar refractivity (Wildman–Crippen MR) is 83.5 cm³/mol. The Kier molecular flexibility index (Phi) is 5.37. The molecule has 6 nitrogen and oxygen atoms in total. The number of rotatable bonds is 6. The van der Waals surface area contributed by atoms with Gasteiger partial charge >= 0.3 is 5.69 Å². The first-order chi connectivity index (χ1) is 10.5. The van der Waals surface area contributed by atoms with E-state index in [9.17, 15) is 14.0 Å². The van der Waals surface area contributed by atoms with Crippen LogP contribution in [0.15, 0.2) is 34.2 Å². The molecule has 1 atom stereocenters. The lowest BCUT2D eigenvalue weighted by molar-refractivity contribution is -0.115. The lowest BCUT2D eigenvalue weighted by Gasteiger charge is -2.12. The molecular weight excluding hydrogens is 307 g/mol. The predicted octanol–water partition coefficient (Wildman–Crippen LogP) is 2.24. The van der Waals surface area contributed by atoms with Gasteiger partial charge in [0.25, 0.3) is 0 Å². The van der Waals surface area contributed by atoms with Crippen LogP contribution < -0.4 is 11.0 Å². The number of H-pyrrole nitrogens is 1. The largest absolute Gasteiger partial charge is 0.343 e. The van der Waals surface area contributed by atoms with Crippen LogP contribution in [0, 0.1) is 5.82 Å². The average Bonchev–Trinajstić information content (AvgIpc) is 2.83. The molecule has 0 spiro atoms. The fourth-order valence-electron chi connectivity index (χ4n) is 1.82. The first-order valence-corrected chi connectivity index (χ1v) is 7.78. The molecule has 0 aliphatic rings. The second-order valence-corrected chi connectivity index (χ2v) is 6.00. The molecule has 1 aromatic carbocycles. The van der Waals surface area contributed by atoms with E-state index in [0.29, 0.717) is 11.7 Å². The van der Waals surface area contributed by atoms with Gasteiger partial charge in [-0.1, -0.05) is 30.8 Å². The molecular formula is C14H17FN4O2S. The van der Waals surface area contributed by atoms with Gasteiger partial charge in [0, 0.05) is 6.54 Å². The minimum Gasteiger partial charge on any atom is -0.323 e. The Morgan fingerprint density at radius 1 is 1.50 bits per heavy atom. The smallest absolute Gasteiger partial charge is 0.323 e. The molecule has 1 heterocycles. The Balaban J connectivity index is 2.06. The summed E-state index contributed by atoms with van der Waals surface area (Å²) in [6, 6.07) is 5.96. The van der Waals surface area contributed by atoms with E-state index in [1.807, 2.05) is 6.92 Å². The number of carbonyl (C=O) groups excluding carboxylic acids is 1. The van der Waals surface area contributed by atoms with Gasteiger partial charge in [-0.05, 0) is 25.5 Å². The quantitative estimate of drug-likeness (QED) is 0.799. The Morgan fingerprint density at radius 3 is 2.91 bits per heavy atom. The molecule has 0 aliphatic carbocycles. The van der Waals surface area contributed by atoms with Crippen molar-refractivity contribution in [2.24, 2.45) is 0 Å². The van der Waals surface area contributed by atoms with Crippen molar-refractivity contribution < 1.29 is 9.18 Å². The maximum Gasteiger partial charge on any atom is 0.343 e. The van der Waals surface area contributed by atoms with Crippen molar-refractivity contribution in [1.29, 1.82) is 0 Å². The molecule has 0 radical (unpaired) electrons. The van der Waals surface area contributed by atoms with Gasteiger partial charge in [-0.25, -0.2) is 14.3 Å². The standard InChI is InChI=1S/C14H17FN4O2S/c1-3-8-19-13(21)17-18-14(19)22-9(2)12(20)16-11-7-5-4-6-10(11)15/h4-7,9H,3,8H2,1-2H3,(H,16,20)(H,17,21)/t9-/m1/s1. The Bertz CT molecular complexity index is 713. The van der Waals surface area contributed by atoms with E-state index in [4.69, 9.17) is 0 Å². The number of amides is 1. The maximum atomic E-state index is 13.5. The number of nitrogens with zero attached hydrogens (tertiary/aromatic N) is 2. The third kappa shape index (κ3) is 3.76. The summed E-state index contributed by atoms with van der Waals surface area (Å²) in [5.74, 6) is -0.843. The molecule has 0 unspecified atom stereocenters. The highest BCUT2D eigenvalue weighted by Gasteiger charge is 2.19. The number of anilines is 1. The lowest BCUT2D eigenvalue weighted by Crippen LogP contribution is -2.24. The van der Waals surface area contributed by atoms with Gasteiger partial charge in [0.15, 0.2) is 5.16 Å². The molecule has 0 saturated heterocycles. The fourth-order valence-corrected chi connectivity index (χ4v) is 2.70. The third-order valence-corrected chi connectivity index (χ3v) is 4.04. The molecule has 2 N–H and O–H groups in total. The summed E-state index contributed by atoms with van der Waals surface area (Å²) in [5.41, 5.74) is -0.168. The Morgan fingerprint density at radius 2 is 2.23 bits per heavy atom. The molecule has 0 fully saturated rings.